The molecule has 0 aliphatic carbocycles. The molecule has 2 aromatic rings. The summed E-state index contributed by atoms with van der Waals surface area (Å²) in [7, 11) is -2.09. The average molecular weight is 336 g/mol. The maximum absolute atomic E-state index is 12.4. The van der Waals surface area contributed by atoms with E-state index < -0.39 is 15.6 Å². The number of benzene rings is 1. The topological polar surface area (TPSA) is 102 Å². The molecule has 0 bridgehead atoms. The molecule has 1 aromatic heterocycles. The highest BCUT2D eigenvalue weighted by Gasteiger charge is 2.35. The van der Waals surface area contributed by atoms with Gasteiger partial charge in [0.15, 0.2) is 5.60 Å². The Hall–Kier alpha value is -2.55. The summed E-state index contributed by atoms with van der Waals surface area (Å²) in [6, 6.07) is 4.29. The molecule has 0 saturated carbocycles. The summed E-state index contributed by atoms with van der Waals surface area (Å²) in [5, 5.41) is 6.60. The smallest absolute Gasteiger partial charge is 0.268 e. The number of amides is 1. The quantitative estimate of drug-likeness (QED) is 0.880. The lowest BCUT2D eigenvalue weighted by atomic mass is 10.1. The SMILES string of the molecule is Cn1cc(NS(=O)(=O)c2ccc3c(c2)OC(C)(C)C(=O)N3)cn1. The zero-order valence-electron chi connectivity index (χ0n) is 12.8. The van der Waals surface area contributed by atoms with Crippen molar-refractivity contribution in [2.75, 3.05) is 10.0 Å². The van der Waals surface area contributed by atoms with Gasteiger partial charge in [-0.2, -0.15) is 5.10 Å². The van der Waals surface area contributed by atoms with Gasteiger partial charge in [-0.25, -0.2) is 8.42 Å². The van der Waals surface area contributed by atoms with Crippen LogP contribution >= 0.6 is 0 Å². The number of ether oxygens (including phenoxy) is 1. The number of rotatable bonds is 3. The van der Waals surface area contributed by atoms with Gasteiger partial charge in [0.25, 0.3) is 15.9 Å². The van der Waals surface area contributed by atoms with Crippen molar-refractivity contribution in [2.45, 2.75) is 24.3 Å². The molecule has 3 rings (SSSR count). The molecule has 0 spiro atoms. The Labute approximate surface area is 133 Å². The van der Waals surface area contributed by atoms with E-state index in [0.29, 0.717) is 17.1 Å². The molecule has 9 heteroatoms. The highest BCUT2D eigenvalue weighted by atomic mass is 32.2. The summed E-state index contributed by atoms with van der Waals surface area (Å²) in [6.07, 6.45) is 2.96. The fourth-order valence-corrected chi connectivity index (χ4v) is 3.18. The second-order valence-corrected chi connectivity index (χ2v) is 7.42. The van der Waals surface area contributed by atoms with Crippen LogP contribution in [0.1, 0.15) is 13.8 Å². The van der Waals surface area contributed by atoms with Crippen molar-refractivity contribution >= 4 is 27.3 Å². The average Bonchev–Trinajstić information content (AvgIpc) is 2.83. The first-order chi connectivity index (χ1) is 10.7. The van der Waals surface area contributed by atoms with E-state index in [1.807, 2.05) is 0 Å². The first-order valence-electron chi connectivity index (χ1n) is 6.83. The van der Waals surface area contributed by atoms with Crippen molar-refractivity contribution in [1.29, 1.82) is 0 Å². The Morgan fingerprint density at radius 3 is 2.74 bits per heavy atom. The molecule has 8 nitrogen and oxygen atoms in total. The van der Waals surface area contributed by atoms with Gasteiger partial charge >= 0.3 is 0 Å². The van der Waals surface area contributed by atoms with Crippen molar-refractivity contribution in [3.63, 3.8) is 0 Å². The number of nitrogens with one attached hydrogen (secondary N) is 2. The van der Waals surface area contributed by atoms with Gasteiger partial charge in [0.05, 0.1) is 22.5 Å². The Bertz CT molecular complexity index is 886. The van der Waals surface area contributed by atoms with E-state index in [-0.39, 0.29) is 10.8 Å². The third kappa shape index (κ3) is 2.87. The van der Waals surface area contributed by atoms with E-state index in [1.165, 1.54) is 29.1 Å². The van der Waals surface area contributed by atoms with Gasteiger partial charge in [-0.1, -0.05) is 0 Å². The third-order valence-electron chi connectivity index (χ3n) is 3.38. The van der Waals surface area contributed by atoms with Crippen molar-refractivity contribution in [3.05, 3.63) is 30.6 Å². The molecule has 122 valence electrons. The summed E-state index contributed by atoms with van der Waals surface area (Å²) < 4.78 is 34.4. The molecule has 2 heterocycles. The largest absolute Gasteiger partial charge is 0.476 e. The van der Waals surface area contributed by atoms with Crippen LogP contribution in [0.5, 0.6) is 5.75 Å². The number of carbonyl (C=O) groups excluding carboxylic acids is 1. The molecule has 1 aliphatic heterocycles. The van der Waals surface area contributed by atoms with Gasteiger partial charge in [0.1, 0.15) is 5.75 Å². The Morgan fingerprint density at radius 2 is 2.09 bits per heavy atom. The van der Waals surface area contributed by atoms with E-state index in [4.69, 9.17) is 4.74 Å². The number of aryl methyl sites for hydroxylation is 1. The van der Waals surface area contributed by atoms with E-state index >= 15 is 0 Å². The summed E-state index contributed by atoms with van der Waals surface area (Å²) in [5.74, 6) is 0.0257. The predicted octanol–water partition coefficient (Wildman–Crippen LogP) is 1.33. The minimum absolute atomic E-state index is 0.0343. The highest BCUT2D eigenvalue weighted by molar-refractivity contribution is 7.92. The highest BCUT2D eigenvalue weighted by Crippen LogP contribution is 2.35. The van der Waals surface area contributed by atoms with Crippen LogP contribution in [0.15, 0.2) is 35.5 Å². The van der Waals surface area contributed by atoms with Crippen LogP contribution in [0.3, 0.4) is 0 Å². The summed E-state index contributed by atoms with van der Waals surface area (Å²) in [4.78, 5) is 11.9. The van der Waals surface area contributed by atoms with Gasteiger partial charge in [0.2, 0.25) is 0 Å². The lowest BCUT2D eigenvalue weighted by Gasteiger charge is -2.31. The number of sulfonamides is 1. The zero-order chi connectivity index (χ0) is 16.8. The van der Waals surface area contributed by atoms with Gasteiger partial charge in [0, 0.05) is 19.3 Å². The summed E-state index contributed by atoms with van der Waals surface area (Å²) >= 11 is 0. The molecule has 0 saturated heterocycles. The van der Waals surface area contributed by atoms with E-state index in [9.17, 15) is 13.2 Å². The molecular formula is C14H16N4O4S. The van der Waals surface area contributed by atoms with Crippen LogP contribution < -0.4 is 14.8 Å². The van der Waals surface area contributed by atoms with Gasteiger partial charge in [-0.3, -0.25) is 14.2 Å². The molecule has 0 fully saturated rings. The minimum Gasteiger partial charge on any atom is -0.476 e. The second-order valence-electron chi connectivity index (χ2n) is 5.73. The number of nitrogens with zero attached hydrogens (tertiary/aromatic N) is 2. The van der Waals surface area contributed by atoms with Gasteiger partial charge in [-0.05, 0) is 26.0 Å². The standard InChI is InChI=1S/C14H16N4O4S/c1-14(2)13(19)16-11-5-4-10(6-12(11)22-14)23(20,21)17-9-7-15-18(3)8-9/h4-8,17H,1-3H3,(H,16,19). The van der Waals surface area contributed by atoms with Crippen LogP contribution in [-0.4, -0.2) is 29.7 Å². The van der Waals surface area contributed by atoms with Crippen molar-refractivity contribution in [2.24, 2.45) is 7.05 Å². The molecule has 0 unspecified atom stereocenters. The van der Waals surface area contributed by atoms with Crippen molar-refractivity contribution in [3.8, 4) is 5.75 Å². The van der Waals surface area contributed by atoms with Crippen molar-refractivity contribution in [1.82, 2.24) is 9.78 Å². The summed E-state index contributed by atoms with van der Waals surface area (Å²) in [6.45, 7) is 3.22. The van der Waals surface area contributed by atoms with Gasteiger partial charge < -0.3 is 10.1 Å². The van der Waals surface area contributed by atoms with Crippen molar-refractivity contribution < 1.29 is 17.9 Å². The molecular weight excluding hydrogens is 320 g/mol. The Kier molecular flexibility index (Phi) is 3.33. The summed E-state index contributed by atoms with van der Waals surface area (Å²) in [5.41, 5.74) is -0.263. The monoisotopic (exact) mass is 336 g/mol. The molecule has 2 N–H and O–H groups in total. The van der Waals surface area contributed by atoms with E-state index in [0.717, 1.165) is 0 Å². The number of hydrogen-bond donors (Lipinski definition) is 2. The first-order valence-corrected chi connectivity index (χ1v) is 8.32. The maximum Gasteiger partial charge on any atom is 0.268 e. The number of hydrogen-bond acceptors (Lipinski definition) is 5. The third-order valence-corrected chi connectivity index (χ3v) is 4.76. The van der Waals surface area contributed by atoms with E-state index in [1.54, 1.807) is 27.1 Å². The maximum atomic E-state index is 12.4. The van der Waals surface area contributed by atoms with Crippen LogP contribution in [0.4, 0.5) is 11.4 Å². The van der Waals surface area contributed by atoms with Gasteiger partial charge in [-0.15, -0.1) is 0 Å². The predicted molar refractivity (Wildman–Crippen MR) is 83.8 cm³/mol. The van der Waals surface area contributed by atoms with Crippen LogP contribution in [0.2, 0.25) is 0 Å². The fraction of sp³-hybridized carbons (Fsp3) is 0.286. The Balaban J connectivity index is 1.94. The molecule has 23 heavy (non-hydrogen) atoms. The van der Waals surface area contributed by atoms with Crippen LogP contribution in [0, 0.1) is 0 Å². The molecule has 0 radical (unpaired) electrons. The second kappa shape index (κ2) is 4.98. The number of aromatic nitrogens is 2. The lowest BCUT2D eigenvalue weighted by Crippen LogP contribution is -2.45. The van der Waals surface area contributed by atoms with E-state index in [2.05, 4.69) is 15.1 Å². The molecule has 1 aliphatic rings. The van der Waals surface area contributed by atoms with Crippen LogP contribution in [-0.2, 0) is 21.9 Å². The minimum atomic E-state index is -3.78. The molecule has 0 atom stereocenters. The van der Waals surface area contributed by atoms with Crippen LogP contribution in [0.25, 0.3) is 0 Å². The number of fused-ring (bicyclic) bond motifs is 1. The first kappa shape index (κ1) is 15.3. The zero-order valence-corrected chi connectivity index (χ0v) is 13.6. The lowest BCUT2D eigenvalue weighted by molar-refractivity contribution is -0.129. The molecule has 1 aromatic carbocycles. The fourth-order valence-electron chi connectivity index (χ4n) is 2.14. The number of anilines is 2. The Morgan fingerprint density at radius 1 is 1.35 bits per heavy atom. The molecule has 1 amide bonds. The normalized spacial score (nSPS) is 16.2. The number of carbonyl (C=O) groups is 1.